The number of rotatable bonds is 3. The first kappa shape index (κ1) is 20.3. The first-order valence-corrected chi connectivity index (χ1v) is 11.5. The fourth-order valence-electron chi connectivity index (χ4n) is 4.52. The third kappa shape index (κ3) is 3.84. The van der Waals surface area contributed by atoms with E-state index in [-0.39, 0.29) is 0 Å². The quantitative estimate of drug-likeness (QED) is 0.333. The van der Waals surface area contributed by atoms with Crippen LogP contribution in [-0.4, -0.2) is 22.8 Å². The minimum Gasteiger partial charge on any atom is -0.208 e. The van der Waals surface area contributed by atoms with Crippen molar-refractivity contribution in [3.63, 3.8) is 0 Å². The second-order valence-electron chi connectivity index (χ2n) is 8.81. The molecule has 160 valence electrons. The van der Waals surface area contributed by atoms with Crippen LogP contribution in [0.3, 0.4) is 0 Å². The summed E-state index contributed by atoms with van der Waals surface area (Å²) in [5.41, 5.74) is 5.34. The second kappa shape index (κ2) is 8.24. The van der Waals surface area contributed by atoms with Gasteiger partial charge >= 0.3 is 0 Å². The molecule has 1 aromatic heterocycles. The van der Waals surface area contributed by atoms with Gasteiger partial charge in [0.25, 0.3) is 0 Å². The third-order valence-electron chi connectivity index (χ3n) is 6.13. The molecule has 0 aliphatic carbocycles. The smallest absolute Gasteiger partial charge is 0.164 e. The zero-order chi connectivity index (χ0) is 23.1. The summed E-state index contributed by atoms with van der Waals surface area (Å²) in [6, 6.07) is 35.9. The minimum atomic E-state index is 0.679. The molecule has 34 heavy (non-hydrogen) atoms. The average Bonchev–Trinajstić information content (AvgIpc) is 2.87. The molecular weight excluding hydrogens is 413 g/mol. The Morgan fingerprint density at radius 1 is 0.471 bits per heavy atom. The fourth-order valence-corrected chi connectivity index (χ4v) is 4.52. The number of fused-ring (bicyclic) bond motifs is 2. The van der Waals surface area contributed by atoms with Crippen LogP contribution in [-0.2, 0) is 0 Å². The van der Waals surface area contributed by atoms with Crippen LogP contribution in [0.5, 0.6) is 0 Å². The summed E-state index contributed by atoms with van der Waals surface area (Å²) in [4.78, 5) is 14.8. The number of aryl methyl sites for hydroxylation is 1. The highest BCUT2D eigenvalue weighted by Gasteiger charge is 2.13. The maximum absolute atomic E-state index is 4.94. The van der Waals surface area contributed by atoms with Crippen LogP contribution in [0.2, 0.25) is 0 Å². The Hall–Kier alpha value is -4.31. The topological polar surface area (TPSA) is 38.7 Å². The molecule has 3 nitrogen and oxygen atoms in total. The Morgan fingerprint density at radius 3 is 1.44 bits per heavy atom. The van der Waals surface area contributed by atoms with E-state index in [0.717, 1.165) is 16.7 Å². The molecule has 1 heterocycles. The summed E-state index contributed by atoms with van der Waals surface area (Å²) >= 11 is 0. The molecule has 0 atom stereocenters. The molecule has 6 aromatic rings. The SMILES string of the molecule is Bc1cc(C)cc(-c2nc(-c3ccc4ccccc4c3)nc(-c3ccc4ccccc4c3)n2)c1. The van der Waals surface area contributed by atoms with Crippen LogP contribution in [0.15, 0.2) is 103 Å². The van der Waals surface area contributed by atoms with Gasteiger partial charge in [-0.15, -0.1) is 0 Å². The summed E-state index contributed by atoms with van der Waals surface area (Å²) in [5.74, 6) is 2.05. The van der Waals surface area contributed by atoms with Crippen molar-refractivity contribution >= 4 is 34.9 Å². The van der Waals surface area contributed by atoms with Crippen LogP contribution in [0.4, 0.5) is 0 Å². The zero-order valence-electron chi connectivity index (χ0n) is 19.2. The average molecular weight is 435 g/mol. The molecule has 0 radical (unpaired) electrons. The standard InChI is InChI=1S/C30H22BN3/c1-19-14-26(18-27(31)15-19)30-33-28(24-12-10-20-6-2-4-8-22(20)16-24)32-29(34-30)25-13-11-21-7-3-5-9-23(21)17-25/h2-18H,31H2,1H3. The van der Waals surface area contributed by atoms with E-state index in [2.05, 4.69) is 118 Å². The van der Waals surface area contributed by atoms with E-state index in [1.807, 2.05) is 0 Å². The summed E-state index contributed by atoms with van der Waals surface area (Å²) in [6.45, 7) is 2.10. The van der Waals surface area contributed by atoms with Gasteiger partial charge in [0.05, 0.1) is 0 Å². The fraction of sp³-hybridized carbons (Fsp3) is 0.0333. The van der Waals surface area contributed by atoms with Crippen molar-refractivity contribution in [1.82, 2.24) is 15.0 Å². The molecule has 4 heteroatoms. The van der Waals surface area contributed by atoms with Crippen LogP contribution in [0.1, 0.15) is 5.56 Å². The van der Waals surface area contributed by atoms with Gasteiger partial charge in [0, 0.05) is 16.7 Å². The lowest BCUT2D eigenvalue weighted by Gasteiger charge is -2.10. The van der Waals surface area contributed by atoms with Crippen LogP contribution in [0.25, 0.3) is 55.7 Å². The number of hydrogen-bond donors (Lipinski definition) is 0. The van der Waals surface area contributed by atoms with Gasteiger partial charge in [-0.25, -0.2) is 15.0 Å². The van der Waals surface area contributed by atoms with E-state index in [1.54, 1.807) is 0 Å². The largest absolute Gasteiger partial charge is 0.208 e. The van der Waals surface area contributed by atoms with Gasteiger partial charge in [-0.1, -0.05) is 96.0 Å². The molecular formula is C30H22BN3. The number of aromatic nitrogens is 3. The molecule has 0 amide bonds. The molecule has 0 spiro atoms. The van der Waals surface area contributed by atoms with Crippen molar-refractivity contribution in [2.75, 3.05) is 0 Å². The number of benzene rings is 5. The van der Waals surface area contributed by atoms with Crippen molar-refractivity contribution in [3.05, 3.63) is 109 Å². The number of nitrogens with zero attached hydrogens (tertiary/aromatic N) is 3. The maximum Gasteiger partial charge on any atom is 0.164 e. The highest BCUT2D eigenvalue weighted by atomic mass is 15.0. The predicted octanol–water partition coefficient (Wildman–Crippen LogP) is 5.75. The van der Waals surface area contributed by atoms with Gasteiger partial charge in [0.15, 0.2) is 17.5 Å². The van der Waals surface area contributed by atoms with Gasteiger partial charge in [-0.2, -0.15) is 0 Å². The molecule has 0 unspecified atom stereocenters. The van der Waals surface area contributed by atoms with Crippen molar-refractivity contribution in [1.29, 1.82) is 0 Å². The first-order valence-electron chi connectivity index (χ1n) is 11.5. The highest BCUT2D eigenvalue weighted by Crippen LogP contribution is 2.28. The Bertz CT molecular complexity index is 1570. The van der Waals surface area contributed by atoms with Crippen LogP contribution in [0, 0.1) is 6.92 Å². The Kier molecular flexibility index (Phi) is 4.92. The Labute approximate surface area is 199 Å². The molecule has 0 bridgehead atoms. The van der Waals surface area contributed by atoms with E-state index in [0.29, 0.717) is 17.5 Å². The van der Waals surface area contributed by atoms with E-state index in [9.17, 15) is 0 Å². The Morgan fingerprint density at radius 2 is 0.941 bits per heavy atom. The summed E-state index contributed by atoms with van der Waals surface area (Å²) in [6.07, 6.45) is 0. The summed E-state index contributed by atoms with van der Waals surface area (Å²) in [7, 11) is 2.10. The lowest BCUT2D eigenvalue weighted by molar-refractivity contribution is 1.07. The molecule has 0 fully saturated rings. The molecule has 6 rings (SSSR count). The summed E-state index contributed by atoms with van der Waals surface area (Å²) < 4.78 is 0. The van der Waals surface area contributed by atoms with E-state index in [1.165, 1.54) is 32.6 Å². The molecule has 0 N–H and O–H groups in total. The van der Waals surface area contributed by atoms with E-state index >= 15 is 0 Å². The lowest BCUT2D eigenvalue weighted by Crippen LogP contribution is -2.05. The third-order valence-corrected chi connectivity index (χ3v) is 6.13. The van der Waals surface area contributed by atoms with Gasteiger partial charge in [-0.3, -0.25) is 0 Å². The molecule has 0 aliphatic rings. The van der Waals surface area contributed by atoms with Gasteiger partial charge in [0.2, 0.25) is 0 Å². The van der Waals surface area contributed by atoms with Crippen molar-refractivity contribution in [3.8, 4) is 34.2 Å². The van der Waals surface area contributed by atoms with Crippen molar-refractivity contribution in [2.24, 2.45) is 0 Å². The molecule has 0 aliphatic heterocycles. The van der Waals surface area contributed by atoms with E-state index in [4.69, 9.17) is 15.0 Å². The van der Waals surface area contributed by atoms with Gasteiger partial charge in [-0.05, 0) is 46.7 Å². The van der Waals surface area contributed by atoms with Crippen LogP contribution >= 0.6 is 0 Å². The first-order chi connectivity index (χ1) is 16.6. The Balaban J connectivity index is 1.58. The highest BCUT2D eigenvalue weighted by molar-refractivity contribution is 6.32. The second-order valence-corrected chi connectivity index (χ2v) is 8.81. The normalized spacial score (nSPS) is 11.2. The van der Waals surface area contributed by atoms with Gasteiger partial charge in [0.1, 0.15) is 7.85 Å². The van der Waals surface area contributed by atoms with Crippen molar-refractivity contribution in [2.45, 2.75) is 6.92 Å². The monoisotopic (exact) mass is 435 g/mol. The zero-order valence-corrected chi connectivity index (χ0v) is 19.2. The molecule has 0 saturated carbocycles. The number of hydrogen-bond acceptors (Lipinski definition) is 3. The minimum absolute atomic E-state index is 0.679. The molecule has 5 aromatic carbocycles. The van der Waals surface area contributed by atoms with Gasteiger partial charge < -0.3 is 0 Å². The lowest BCUT2D eigenvalue weighted by atomic mass is 9.92. The van der Waals surface area contributed by atoms with Crippen LogP contribution < -0.4 is 5.46 Å². The molecule has 0 saturated heterocycles. The maximum atomic E-state index is 4.94. The predicted molar refractivity (Wildman–Crippen MR) is 144 cm³/mol. The van der Waals surface area contributed by atoms with E-state index < -0.39 is 0 Å². The van der Waals surface area contributed by atoms with Crippen molar-refractivity contribution < 1.29 is 0 Å². The summed E-state index contributed by atoms with van der Waals surface area (Å²) in [5, 5.41) is 4.73.